The van der Waals surface area contributed by atoms with Gasteiger partial charge >= 0.3 is 12.1 Å². The average molecular weight is 613 g/mol. The summed E-state index contributed by atoms with van der Waals surface area (Å²) in [6.45, 7) is 11.7. The number of fused-ring (bicyclic) bond motifs is 1. The fraction of sp³-hybridized carbons (Fsp3) is 0.484. The van der Waals surface area contributed by atoms with Crippen molar-refractivity contribution in [2.45, 2.75) is 83.8 Å². The van der Waals surface area contributed by atoms with Gasteiger partial charge in [0.1, 0.15) is 11.4 Å². The first-order valence-corrected chi connectivity index (χ1v) is 15.9. The molecule has 4 rings (SSSR count). The molecule has 12 heteroatoms. The third-order valence-corrected chi connectivity index (χ3v) is 9.00. The molecule has 1 aromatic heterocycles. The Morgan fingerprint density at radius 3 is 2.26 bits per heavy atom. The quantitative estimate of drug-likeness (QED) is 0.327. The third-order valence-electron chi connectivity index (χ3n) is 7.19. The van der Waals surface area contributed by atoms with Crippen molar-refractivity contribution in [2.24, 2.45) is 0 Å². The second-order valence-electron chi connectivity index (χ2n) is 11.7. The van der Waals surface area contributed by atoms with Crippen LogP contribution in [0.2, 0.25) is 0 Å². The number of carbonyl (C=O) groups excluding carboxylic acids is 3. The van der Waals surface area contributed by atoms with Crippen LogP contribution in [0.25, 0.3) is 11.0 Å². The van der Waals surface area contributed by atoms with Crippen LogP contribution in [0.1, 0.15) is 64.8 Å². The number of piperidine rings is 1. The average Bonchev–Trinajstić information content (AvgIpc) is 3.27. The first kappa shape index (κ1) is 32.0. The lowest BCUT2D eigenvalue weighted by atomic mass is 10.0. The topological polar surface area (TPSA) is 128 Å². The summed E-state index contributed by atoms with van der Waals surface area (Å²) in [7, 11) is -3.92. The number of anilines is 1. The summed E-state index contributed by atoms with van der Waals surface area (Å²) in [6, 6.07) is 11.4. The Kier molecular flexibility index (Phi) is 9.48. The molecule has 2 amide bonds. The number of aryl methyl sites for hydroxylation is 2. The maximum absolute atomic E-state index is 13.6. The predicted octanol–water partition coefficient (Wildman–Crippen LogP) is 4.97. The Balaban J connectivity index is 1.65. The van der Waals surface area contributed by atoms with Crippen LogP contribution in [0.4, 0.5) is 10.5 Å². The zero-order valence-corrected chi connectivity index (χ0v) is 26.4. The molecule has 1 aliphatic heterocycles. The van der Waals surface area contributed by atoms with Gasteiger partial charge in [0.2, 0.25) is 5.91 Å². The van der Waals surface area contributed by atoms with E-state index in [-0.39, 0.29) is 36.3 Å². The minimum atomic E-state index is -3.92. The molecule has 0 saturated carbocycles. The predicted molar refractivity (Wildman–Crippen MR) is 162 cm³/mol. The van der Waals surface area contributed by atoms with Crippen LogP contribution >= 0.6 is 0 Å². The molecule has 0 bridgehead atoms. The van der Waals surface area contributed by atoms with E-state index < -0.39 is 27.7 Å². The van der Waals surface area contributed by atoms with Crippen LogP contribution in [0.15, 0.2) is 47.4 Å². The Morgan fingerprint density at radius 2 is 1.65 bits per heavy atom. The van der Waals surface area contributed by atoms with E-state index in [2.05, 4.69) is 4.98 Å². The largest absolute Gasteiger partial charge is 0.466 e. The molecule has 2 heterocycles. The van der Waals surface area contributed by atoms with Gasteiger partial charge in [-0.15, -0.1) is 0 Å². The van der Waals surface area contributed by atoms with E-state index in [9.17, 15) is 22.8 Å². The van der Waals surface area contributed by atoms with Crippen LogP contribution in [-0.2, 0) is 29.1 Å². The molecule has 3 aromatic rings. The fourth-order valence-electron chi connectivity index (χ4n) is 5.19. The molecular weight excluding hydrogens is 572 g/mol. The number of imidazole rings is 1. The molecule has 0 atom stereocenters. The molecule has 0 N–H and O–H groups in total. The van der Waals surface area contributed by atoms with Gasteiger partial charge in [-0.05, 0) is 84.7 Å². The van der Waals surface area contributed by atoms with Crippen molar-refractivity contribution in [3.05, 3.63) is 53.9 Å². The van der Waals surface area contributed by atoms with Gasteiger partial charge in [-0.1, -0.05) is 17.7 Å². The number of ether oxygens (including phenoxy) is 2. The van der Waals surface area contributed by atoms with Crippen molar-refractivity contribution >= 4 is 44.7 Å². The number of likely N-dealkylation sites (tertiary alicyclic amines) is 1. The van der Waals surface area contributed by atoms with Gasteiger partial charge in [0, 0.05) is 31.2 Å². The van der Waals surface area contributed by atoms with Crippen molar-refractivity contribution in [3.8, 4) is 0 Å². The van der Waals surface area contributed by atoms with E-state index in [1.807, 2.05) is 27.7 Å². The summed E-state index contributed by atoms with van der Waals surface area (Å²) in [4.78, 5) is 46.3. The summed E-state index contributed by atoms with van der Waals surface area (Å²) in [5.74, 6) is -0.438. The van der Waals surface area contributed by atoms with Gasteiger partial charge in [0.25, 0.3) is 10.0 Å². The molecule has 43 heavy (non-hydrogen) atoms. The lowest BCUT2D eigenvalue weighted by Crippen LogP contribution is -2.50. The molecule has 0 spiro atoms. The second kappa shape index (κ2) is 12.7. The zero-order chi connectivity index (χ0) is 31.5. The summed E-state index contributed by atoms with van der Waals surface area (Å²) < 4.78 is 38.9. The number of hydrogen-bond acceptors (Lipinski definition) is 8. The van der Waals surface area contributed by atoms with Gasteiger partial charge in [0.05, 0.1) is 29.0 Å². The number of rotatable bonds is 8. The van der Waals surface area contributed by atoms with Crippen molar-refractivity contribution in [1.82, 2.24) is 13.9 Å². The highest BCUT2D eigenvalue weighted by atomic mass is 32.2. The van der Waals surface area contributed by atoms with E-state index in [0.717, 1.165) is 5.56 Å². The minimum absolute atomic E-state index is 0.0571. The summed E-state index contributed by atoms with van der Waals surface area (Å²) in [5, 5.41) is 0. The highest BCUT2D eigenvalue weighted by Gasteiger charge is 2.33. The fourth-order valence-corrected chi connectivity index (χ4v) is 6.68. The number of esters is 1. The standard InChI is InChI=1S/C31H40N4O7S/c1-7-41-29(37)15-14-28(36)34(23-16-18-33(19-17-23)30(38)42-31(4,5)6)24-10-13-27-26(20-24)32-22(3)35(27)43(39,40)25-11-8-21(2)9-12-25/h8-13,20,23H,7,14-19H2,1-6H3. The molecule has 11 nitrogen and oxygen atoms in total. The molecule has 1 aliphatic rings. The van der Waals surface area contributed by atoms with Crippen molar-refractivity contribution < 1.29 is 32.3 Å². The molecule has 0 unspecified atom stereocenters. The number of benzene rings is 2. The Labute approximate surface area is 252 Å². The van der Waals surface area contributed by atoms with Crippen LogP contribution in [0.3, 0.4) is 0 Å². The maximum atomic E-state index is 13.6. The number of nitrogens with zero attached hydrogens (tertiary/aromatic N) is 4. The van der Waals surface area contributed by atoms with E-state index in [4.69, 9.17) is 9.47 Å². The van der Waals surface area contributed by atoms with Crippen molar-refractivity contribution in [3.63, 3.8) is 0 Å². The van der Waals surface area contributed by atoms with Crippen molar-refractivity contribution in [1.29, 1.82) is 0 Å². The lowest BCUT2D eigenvalue weighted by molar-refractivity contribution is -0.144. The summed E-state index contributed by atoms with van der Waals surface area (Å²) in [5.41, 5.74) is 1.67. The van der Waals surface area contributed by atoms with Gasteiger partial charge in [0.15, 0.2) is 0 Å². The molecule has 2 aromatic carbocycles. The Hall–Kier alpha value is -3.93. The first-order valence-electron chi connectivity index (χ1n) is 14.5. The number of aromatic nitrogens is 2. The second-order valence-corrected chi connectivity index (χ2v) is 13.5. The molecule has 232 valence electrons. The van der Waals surface area contributed by atoms with Crippen LogP contribution < -0.4 is 4.90 Å². The monoisotopic (exact) mass is 612 g/mol. The SMILES string of the molecule is CCOC(=O)CCC(=O)N(c1ccc2c(c1)nc(C)n2S(=O)(=O)c1ccc(C)cc1)C1CCN(C(=O)OC(C)(C)C)CC1. The van der Waals surface area contributed by atoms with Crippen LogP contribution in [0.5, 0.6) is 0 Å². The third kappa shape index (κ3) is 7.35. The smallest absolute Gasteiger partial charge is 0.410 e. The van der Waals surface area contributed by atoms with E-state index in [0.29, 0.717) is 48.5 Å². The molecule has 0 radical (unpaired) electrons. The highest BCUT2D eigenvalue weighted by Crippen LogP contribution is 2.31. The van der Waals surface area contributed by atoms with Gasteiger partial charge < -0.3 is 19.3 Å². The number of hydrogen-bond donors (Lipinski definition) is 0. The van der Waals surface area contributed by atoms with E-state index in [1.165, 1.54) is 3.97 Å². The molecular formula is C31H40N4O7S. The molecule has 0 aliphatic carbocycles. The maximum Gasteiger partial charge on any atom is 0.410 e. The zero-order valence-electron chi connectivity index (χ0n) is 25.6. The molecule has 1 fully saturated rings. The van der Waals surface area contributed by atoms with Crippen LogP contribution in [0, 0.1) is 13.8 Å². The Morgan fingerprint density at radius 1 is 1.00 bits per heavy atom. The number of amides is 2. The molecule has 1 saturated heterocycles. The van der Waals surface area contributed by atoms with Gasteiger partial charge in [-0.2, -0.15) is 0 Å². The first-order chi connectivity index (χ1) is 20.2. The summed E-state index contributed by atoms with van der Waals surface area (Å²) in [6.07, 6.45) is 0.474. The number of carbonyl (C=O) groups is 3. The highest BCUT2D eigenvalue weighted by molar-refractivity contribution is 7.90. The minimum Gasteiger partial charge on any atom is -0.466 e. The lowest BCUT2D eigenvalue weighted by Gasteiger charge is -2.39. The van der Waals surface area contributed by atoms with Crippen molar-refractivity contribution in [2.75, 3.05) is 24.6 Å². The van der Waals surface area contributed by atoms with Gasteiger partial charge in [-0.3, -0.25) is 9.59 Å². The van der Waals surface area contributed by atoms with E-state index in [1.54, 1.807) is 66.1 Å². The van der Waals surface area contributed by atoms with Crippen LogP contribution in [-0.4, -0.2) is 71.6 Å². The summed E-state index contributed by atoms with van der Waals surface area (Å²) >= 11 is 0. The van der Waals surface area contributed by atoms with E-state index >= 15 is 0 Å². The van der Waals surface area contributed by atoms with Gasteiger partial charge in [-0.25, -0.2) is 22.2 Å². The Bertz CT molecular complexity index is 1600. The normalized spacial score (nSPS) is 14.5.